The second-order valence-electron chi connectivity index (χ2n) is 3.70. The van der Waals surface area contributed by atoms with Crippen molar-refractivity contribution in [3.63, 3.8) is 0 Å². The maximum atomic E-state index is 10.7. The van der Waals surface area contributed by atoms with Gasteiger partial charge in [0.05, 0.1) is 6.42 Å². The van der Waals surface area contributed by atoms with Gasteiger partial charge in [0.2, 0.25) is 0 Å². The highest BCUT2D eigenvalue weighted by atomic mass is 35.5. The predicted molar refractivity (Wildman–Crippen MR) is 58.2 cm³/mol. The Hall–Kier alpha value is -1.06. The van der Waals surface area contributed by atoms with Gasteiger partial charge in [0.25, 0.3) is 0 Å². The number of rotatable bonds is 2. The first kappa shape index (κ1) is 10.5. The number of hydrogen-bond acceptors (Lipinski definition) is 2. The Labute approximate surface area is 93.1 Å². The van der Waals surface area contributed by atoms with Crippen molar-refractivity contribution in [1.82, 2.24) is 5.32 Å². The molecule has 0 fully saturated rings. The molecule has 0 saturated carbocycles. The molecule has 80 valence electrons. The van der Waals surface area contributed by atoms with Crippen LogP contribution in [0.3, 0.4) is 0 Å². The van der Waals surface area contributed by atoms with Crippen molar-refractivity contribution in [2.75, 3.05) is 6.54 Å². The summed E-state index contributed by atoms with van der Waals surface area (Å²) in [7, 11) is 0. The van der Waals surface area contributed by atoms with E-state index in [0.29, 0.717) is 5.02 Å². The van der Waals surface area contributed by atoms with Crippen LogP contribution in [0.1, 0.15) is 23.6 Å². The Morgan fingerprint density at radius 2 is 2.40 bits per heavy atom. The summed E-state index contributed by atoms with van der Waals surface area (Å²) in [5.74, 6) is -0.782. The Morgan fingerprint density at radius 3 is 3.13 bits per heavy atom. The summed E-state index contributed by atoms with van der Waals surface area (Å²) in [6, 6.07) is 5.57. The summed E-state index contributed by atoms with van der Waals surface area (Å²) in [6.07, 6.45) is 1.03. The molecular weight excluding hydrogens is 214 g/mol. The molecule has 15 heavy (non-hydrogen) atoms. The van der Waals surface area contributed by atoms with E-state index in [1.807, 2.05) is 18.2 Å². The van der Waals surface area contributed by atoms with Crippen molar-refractivity contribution in [2.24, 2.45) is 0 Å². The van der Waals surface area contributed by atoms with Crippen LogP contribution in [0.2, 0.25) is 5.02 Å². The number of aliphatic carboxylic acids is 1. The molecule has 2 N–H and O–H groups in total. The Morgan fingerprint density at radius 1 is 1.60 bits per heavy atom. The summed E-state index contributed by atoms with van der Waals surface area (Å²) >= 11 is 5.89. The lowest BCUT2D eigenvalue weighted by molar-refractivity contribution is -0.137. The Bertz CT molecular complexity index is 392. The van der Waals surface area contributed by atoms with Crippen molar-refractivity contribution in [3.05, 3.63) is 34.3 Å². The van der Waals surface area contributed by atoms with E-state index < -0.39 is 5.97 Å². The third-order valence-electron chi connectivity index (χ3n) is 2.64. The van der Waals surface area contributed by atoms with E-state index in [2.05, 4.69) is 5.32 Å². The Balaban J connectivity index is 2.30. The highest BCUT2D eigenvalue weighted by Gasteiger charge is 2.21. The van der Waals surface area contributed by atoms with Gasteiger partial charge in [0.1, 0.15) is 0 Å². The van der Waals surface area contributed by atoms with Crippen LogP contribution in [-0.4, -0.2) is 17.6 Å². The van der Waals surface area contributed by atoms with Gasteiger partial charge in [-0.15, -0.1) is 0 Å². The van der Waals surface area contributed by atoms with Gasteiger partial charge < -0.3 is 10.4 Å². The number of hydrogen-bond donors (Lipinski definition) is 2. The van der Waals surface area contributed by atoms with Gasteiger partial charge in [-0.2, -0.15) is 0 Å². The maximum Gasteiger partial charge on any atom is 0.305 e. The topological polar surface area (TPSA) is 49.3 Å². The molecule has 1 heterocycles. The van der Waals surface area contributed by atoms with Crippen LogP contribution < -0.4 is 5.32 Å². The van der Waals surface area contributed by atoms with E-state index in [4.69, 9.17) is 16.7 Å². The van der Waals surface area contributed by atoms with Gasteiger partial charge in [-0.3, -0.25) is 4.79 Å². The van der Waals surface area contributed by atoms with Gasteiger partial charge >= 0.3 is 5.97 Å². The minimum atomic E-state index is -0.782. The molecule has 0 bridgehead atoms. The maximum absolute atomic E-state index is 10.7. The van der Waals surface area contributed by atoms with E-state index in [1.54, 1.807) is 0 Å². The number of carbonyl (C=O) groups is 1. The van der Waals surface area contributed by atoms with Crippen LogP contribution in [0.15, 0.2) is 18.2 Å². The first-order chi connectivity index (χ1) is 7.16. The van der Waals surface area contributed by atoms with E-state index in [1.165, 1.54) is 0 Å². The Kier molecular flexibility index (Phi) is 2.93. The summed E-state index contributed by atoms with van der Waals surface area (Å²) in [4.78, 5) is 10.7. The van der Waals surface area contributed by atoms with Crippen molar-refractivity contribution in [2.45, 2.75) is 18.9 Å². The van der Waals surface area contributed by atoms with Gasteiger partial charge in [0.15, 0.2) is 0 Å². The molecule has 0 saturated heterocycles. The molecule has 0 radical (unpaired) electrons. The summed E-state index contributed by atoms with van der Waals surface area (Å²) in [6.45, 7) is 0.811. The third-order valence-corrected chi connectivity index (χ3v) is 2.88. The second kappa shape index (κ2) is 4.21. The van der Waals surface area contributed by atoms with E-state index in [-0.39, 0.29) is 12.5 Å². The zero-order valence-corrected chi connectivity index (χ0v) is 8.92. The number of fused-ring (bicyclic) bond motifs is 1. The fourth-order valence-corrected chi connectivity index (χ4v) is 2.17. The molecule has 1 aliphatic rings. The molecule has 0 spiro atoms. The van der Waals surface area contributed by atoms with Crippen LogP contribution in [0, 0.1) is 0 Å². The SMILES string of the molecule is O=C(O)CC1NCCc2cc(Cl)ccc21. The lowest BCUT2D eigenvalue weighted by Crippen LogP contribution is -2.31. The molecule has 0 amide bonds. The number of nitrogens with one attached hydrogen (secondary N) is 1. The number of benzene rings is 1. The molecule has 1 aromatic rings. The molecule has 1 unspecified atom stereocenters. The predicted octanol–water partition coefficient (Wildman–Crippen LogP) is 2.00. The molecule has 1 aliphatic heterocycles. The van der Waals surface area contributed by atoms with Gasteiger partial charge in [-0.1, -0.05) is 17.7 Å². The highest BCUT2D eigenvalue weighted by molar-refractivity contribution is 6.30. The quantitative estimate of drug-likeness (QED) is 0.810. The van der Waals surface area contributed by atoms with Gasteiger partial charge in [-0.05, 0) is 36.2 Å². The third kappa shape index (κ3) is 2.30. The zero-order chi connectivity index (χ0) is 10.8. The molecule has 1 aromatic carbocycles. The number of halogens is 1. The van der Waals surface area contributed by atoms with Crippen molar-refractivity contribution in [1.29, 1.82) is 0 Å². The number of carboxylic acid groups (broad SMARTS) is 1. The second-order valence-corrected chi connectivity index (χ2v) is 4.13. The van der Waals surface area contributed by atoms with E-state index in [9.17, 15) is 4.79 Å². The van der Waals surface area contributed by atoms with Crippen LogP contribution in [0.5, 0.6) is 0 Å². The first-order valence-corrected chi connectivity index (χ1v) is 5.28. The normalized spacial score (nSPS) is 19.7. The molecule has 0 aliphatic carbocycles. The van der Waals surface area contributed by atoms with Crippen LogP contribution in [0.25, 0.3) is 0 Å². The van der Waals surface area contributed by atoms with Crippen LogP contribution in [-0.2, 0) is 11.2 Å². The average molecular weight is 226 g/mol. The minimum absolute atomic E-state index is 0.0801. The monoisotopic (exact) mass is 225 g/mol. The molecule has 2 rings (SSSR count). The lowest BCUT2D eigenvalue weighted by atomic mass is 9.92. The molecule has 3 nitrogen and oxygen atoms in total. The zero-order valence-electron chi connectivity index (χ0n) is 8.16. The van der Waals surface area contributed by atoms with Crippen LogP contribution >= 0.6 is 11.6 Å². The van der Waals surface area contributed by atoms with Gasteiger partial charge in [-0.25, -0.2) is 0 Å². The number of carboxylic acids is 1. The van der Waals surface area contributed by atoms with Gasteiger partial charge in [0, 0.05) is 11.1 Å². The molecular formula is C11H12ClNO2. The molecule has 1 atom stereocenters. The fraction of sp³-hybridized carbons (Fsp3) is 0.364. The van der Waals surface area contributed by atoms with Crippen molar-refractivity contribution < 1.29 is 9.90 Å². The highest BCUT2D eigenvalue weighted by Crippen LogP contribution is 2.27. The van der Waals surface area contributed by atoms with E-state index >= 15 is 0 Å². The fourth-order valence-electron chi connectivity index (χ4n) is 1.98. The average Bonchev–Trinajstić information content (AvgIpc) is 2.16. The first-order valence-electron chi connectivity index (χ1n) is 4.90. The molecule has 0 aromatic heterocycles. The van der Waals surface area contributed by atoms with E-state index in [0.717, 1.165) is 24.1 Å². The summed E-state index contributed by atoms with van der Waals surface area (Å²) < 4.78 is 0. The smallest absolute Gasteiger partial charge is 0.305 e. The summed E-state index contributed by atoms with van der Waals surface area (Å²) in [5.41, 5.74) is 2.22. The summed E-state index contributed by atoms with van der Waals surface area (Å²) in [5, 5.41) is 12.7. The molecule has 4 heteroatoms. The van der Waals surface area contributed by atoms with Crippen LogP contribution in [0.4, 0.5) is 0 Å². The lowest BCUT2D eigenvalue weighted by Gasteiger charge is -2.25. The minimum Gasteiger partial charge on any atom is -0.481 e. The van der Waals surface area contributed by atoms with Crippen molar-refractivity contribution in [3.8, 4) is 0 Å². The largest absolute Gasteiger partial charge is 0.481 e. The van der Waals surface area contributed by atoms with Crippen molar-refractivity contribution >= 4 is 17.6 Å². The standard InChI is InChI=1S/C11H12ClNO2/c12-8-1-2-9-7(5-8)3-4-13-10(9)6-11(14)15/h1-2,5,10,13H,3-4,6H2,(H,14,15).